The number of anilines is 2. The first kappa shape index (κ1) is 22.4. The van der Waals surface area contributed by atoms with Crippen LogP contribution >= 0.6 is 11.3 Å². The van der Waals surface area contributed by atoms with Crippen LogP contribution in [0.2, 0.25) is 0 Å². The van der Waals surface area contributed by atoms with Gasteiger partial charge in [0.2, 0.25) is 11.8 Å². The number of nitrogens with zero attached hydrogens (tertiary/aromatic N) is 3. The fraction of sp³-hybridized carbons (Fsp3) is 0.462. The van der Waals surface area contributed by atoms with Crippen molar-refractivity contribution in [2.24, 2.45) is 11.8 Å². The number of methoxy groups -OCH3 is 1. The summed E-state index contributed by atoms with van der Waals surface area (Å²) < 4.78 is 5.00. The molecule has 182 valence electrons. The van der Waals surface area contributed by atoms with Crippen molar-refractivity contribution < 1.29 is 23.9 Å². The van der Waals surface area contributed by atoms with Crippen molar-refractivity contribution >= 4 is 45.7 Å². The highest BCUT2D eigenvalue weighted by Gasteiger charge is 2.75. The number of ether oxygens (including phenoxy) is 1. The molecule has 9 heteroatoms. The Kier molecular flexibility index (Phi) is 4.79. The van der Waals surface area contributed by atoms with Crippen LogP contribution in [0.25, 0.3) is 0 Å². The molecule has 5 heterocycles. The lowest BCUT2D eigenvalue weighted by atomic mass is 9.75. The van der Waals surface area contributed by atoms with Crippen molar-refractivity contribution in [1.82, 2.24) is 4.90 Å². The zero-order valence-electron chi connectivity index (χ0n) is 20.2. The van der Waals surface area contributed by atoms with Crippen LogP contribution in [0.3, 0.4) is 0 Å². The Morgan fingerprint density at radius 1 is 1.17 bits per heavy atom. The largest absolute Gasteiger partial charge is 0.465 e. The SMILES string of the molecule is CCN1C(=O)C2(c3ccccc31)C1C(=O)N(c3sc(C)c(C)c3C(=O)OC)C(=O)C1C1CCCN12. The molecule has 1 spiro atoms. The van der Waals surface area contributed by atoms with Gasteiger partial charge in [0.25, 0.3) is 5.91 Å². The van der Waals surface area contributed by atoms with E-state index in [1.54, 1.807) is 11.8 Å². The third kappa shape index (κ3) is 2.50. The predicted molar refractivity (Wildman–Crippen MR) is 130 cm³/mol. The van der Waals surface area contributed by atoms with Crippen molar-refractivity contribution in [3.05, 3.63) is 45.8 Å². The fourth-order valence-corrected chi connectivity index (χ4v) is 8.12. The molecule has 0 radical (unpaired) electrons. The first-order valence-electron chi connectivity index (χ1n) is 12.0. The second-order valence-electron chi connectivity index (χ2n) is 9.71. The normalized spacial score (nSPS) is 29.4. The molecule has 2 aromatic rings. The maximum Gasteiger partial charge on any atom is 0.341 e. The van der Waals surface area contributed by atoms with Crippen LogP contribution in [0.1, 0.15) is 46.1 Å². The van der Waals surface area contributed by atoms with E-state index in [-0.39, 0.29) is 23.4 Å². The van der Waals surface area contributed by atoms with Gasteiger partial charge in [-0.1, -0.05) is 18.2 Å². The zero-order chi connectivity index (χ0) is 24.8. The van der Waals surface area contributed by atoms with Gasteiger partial charge < -0.3 is 9.64 Å². The molecule has 4 aliphatic rings. The highest BCUT2D eigenvalue weighted by molar-refractivity contribution is 7.17. The summed E-state index contributed by atoms with van der Waals surface area (Å²) in [7, 11) is 1.29. The molecule has 4 aliphatic heterocycles. The number of benzene rings is 1. The fourth-order valence-electron chi connectivity index (χ4n) is 6.96. The standard InChI is InChI=1S/C26H27N3O5S/c1-5-27-16-10-7-6-9-15(16)26(25(27)33)20-19(17-11-8-12-28(17)26)21(30)29(22(20)31)23-18(24(32)34-4)13(2)14(3)35-23/h6-7,9-10,17,19-20H,5,8,11-12H2,1-4H3. The van der Waals surface area contributed by atoms with E-state index in [2.05, 4.69) is 4.90 Å². The van der Waals surface area contributed by atoms with Gasteiger partial charge in [-0.15, -0.1) is 11.3 Å². The monoisotopic (exact) mass is 493 g/mol. The zero-order valence-corrected chi connectivity index (χ0v) is 21.0. The van der Waals surface area contributed by atoms with Crippen LogP contribution in [0.5, 0.6) is 0 Å². The molecule has 3 amide bonds. The van der Waals surface area contributed by atoms with E-state index in [0.717, 1.165) is 29.0 Å². The van der Waals surface area contributed by atoms with E-state index < -0.39 is 29.3 Å². The van der Waals surface area contributed by atoms with E-state index >= 15 is 0 Å². The molecule has 3 saturated heterocycles. The lowest BCUT2D eigenvalue weighted by molar-refractivity contribution is -0.137. The number of hydrogen-bond donors (Lipinski definition) is 0. The Bertz CT molecular complexity index is 1320. The minimum Gasteiger partial charge on any atom is -0.465 e. The third-order valence-electron chi connectivity index (χ3n) is 8.42. The molecule has 8 nitrogen and oxygen atoms in total. The number of imide groups is 1. The predicted octanol–water partition coefficient (Wildman–Crippen LogP) is 3.00. The van der Waals surface area contributed by atoms with E-state index in [1.165, 1.54) is 23.3 Å². The highest BCUT2D eigenvalue weighted by atomic mass is 32.1. The topological polar surface area (TPSA) is 87.2 Å². The Hall–Kier alpha value is -3.04. The first-order chi connectivity index (χ1) is 16.8. The van der Waals surface area contributed by atoms with E-state index in [4.69, 9.17) is 4.74 Å². The molecule has 1 aromatic heterocycles. The summed E-state index contributed by atoms with van der Waals surface area (Å²) in [5.41, 5.74) is 1.37. The van der Waals surface area contributed by atoms with Crippen LogP contribution in [0, 0.1) is 25.7 Å². The second-order valence-corrected chi connectivity index (χ2v) is 10.9. The molecule has 0 bridgehead atoms. The number of rotatable bonds is 3. The van der Waals surface area contributed by atoms with Crippen LogP contribution < -0.4 is 9.80 Å². The van der Waals surface area contributed by atoms with E-state index in [1.807, 2.05) is 38.1 Å². The lowest BCUT2D eigenvalue weighted by Gasteiger charge is -2.37. The molecule has 35 heavy (non-hydrogen) atoms. The van der Waals surface area contributed by atoms with Gasteiger partial charge in [-0.25, -0.2) is 9.69 Å². The summed E-state index contributed by atoms with van der Waals surface area (Å²) in [6.45, 7) is 6.73. The molecule has 4 atom stereocenters. The van der Waals surface area contributed by atoms with Gasteiger partial charge in [-0.2, -0.15) is 0 Å². The second kappa shape index (κ2) is 7.48. The van der Waals surface area contributed by atoms with E-state index in [0.29, 0.717) is 23.7 Å². The number of amides is 3. The summed E-state index contributed by atoms with van der Waals surface area (Å²) in [5, 5.41) is 0.307. The van der Waals surface area contributed by atoms with Gasteiger partial charge in [-0.3, -0.25) is 19.3 Å². The summed E-state index contributed by atoms with van der Waals surface area (Å²) in [4.78, 5) is 61.1. The maximum atomic E-state index is 14.3. The summed E-state index contributed by atoms with van der Waals surface area (Å²) >= 11 is 1.25. The maximum absolute atomic E-state index is 14.3. The summed E-state index contributed by atoms with van der Waals surface area (Å²) in [6.07, 6.45) is 1.62. The third-order valence-corrected chi connectivity index (χ3v) is 9.61. The molecule has 1 aromatic carbocycles. The quantitative estimate of drug-likeness (QED) is 0.483. The number of esters is 1. The Morgan fingerprint density at radius 2 is 1.91 bits per heavy atom. The first-order valence-corrected chi connectivity index (χ1v) is 12.9. The minimum absolute atomic E-state index is 0.129. The highest BCUT2D eigenvalue weighted by Crippen LogP contribution is 2.62. The molecule has 0 saturated carbocycles. The number of carbonyl (C=O) groups is 4. The lowest BCUT2D eigenvalue weighted by Crippen LogP contribution is -2.56. The average molecular weight is 494 g/mol. The van der Waals surface area contributed by atoms with Gasteiger partial charge in [0.05, 0.1) is 24.5 Å². The molecular weight excluding hydrogens is 466 g/mol. The van der Waals surface area contributed by atoms with Crippen molar-refractivity contribution in [3.63, 3.8) is 0 Å². The average Bonchev–Trinajstić information content (AvgIpc) is 3.60. The van der Waals surface area contributed by atoms with Crippen molar-refractivity contribution in [2.75, 3.05) is 30.0 Å². The van der Waals surface area contributed by atoms with Gasteiger partial charge >= 0.3 is 5.97 Å². The van der Waals surface area contributed by atoms with Crippen molar-refractivity contribution in [3.8, 4) is 0 Å². The molecular formula is C26H27N3O5S. The molecule has 0 aliphatic carbocycles. The van der Waals surface area contributed by atoms with Gasteiger partial charge in [-0.05, 0) is 51.8 Å². The number of hydrogen-bond acceptors (Lipinski definition) is 7. The number of thiophene rings is 1. The van der Waals surface area contributed by atoms with Gasteiger partial charge in [0.1, 0.15) is 10.5 Å². The van der Waals surface area contributed by atoms with Crippen LogP contribution in [-0.2, 0) is 24.7 Å². The number of fused-ring (bicyclic) bond motifs is 7. The molecule has 0 N–H and O–H groups in total. The van der Waals surface area contributed by atoms with Gasteiger partial charge in [0.15, 0.2) is 0 Å². The number of likely N-dealkylation sites (N-methyl/N-ethyl adjacent to an activating group) is 1. The Balaban J connectivity index is 1.57. The van der Waals surface area contributed by atoms with Crippen LogP contribution in [0.15, 0.2) is 24.3 Å². The molecule has 3 fully saturated rings. The van der Waals surface area contributed by atoms with Crippen LogP contribution in [-0.4, -0.2) is 54.8 Å². The van der Waals surface area contributed by atoms with Crippen molar-refractivity contribution in [1.29, 1.82) is 0 Å². The molecule has 6 rings (SSSR count). The Morgan fingerprint density at radius 3 is 2.63 bits per heavy atom. The Labute approximate surface area is 207 Å². The number of carbonyl (C=O) groups excluding carboxylic acids is 4. The minimum atomic E-state index is -1.20. The van der Waals surface area contributed by atoms with Crippen molar-refractivity contribution in [2.45, 2.75) is 45.2 Å². The summed E-state index contributed by atoms with van der Waals surface area (Å²) in [6, 6.07) is 7.45. The number of aryl methyl sites for hydroxylation is 1. The number of para-hydroxylation sites is 1. The smallest absolute Gasteiger partial charge is 0.341 e. The van der Waals surface area contributed by atoms with Gasteiger partial charge in [0, 0.05) is 28.7 Å². The van der Waals surface area contributed by atoms with E-state index in [9.17, 15) is 19.2 Å². The van der Waals surface area contributed by atoms with Crippen LogP contribution in [0.4, 0.5) is 10.7 Å². The molecule has 4 unspecified atom stereocenters. The summed E-state index contributed by atoms with van der Waals surface area (Å²) in [5.74, 6) is -2.89.